The number of amides is 1. The molecule has 0 spiro atoms. The zero-order valence-electron chi connectivity index (χ0n) is 20.4. The molecule has 12 heteroatoms. The van der Waals surface area contributed by atoms with Gasteiger partial charge in [0.25, 0.3) is 11.5 Å². The minimum atomic E-state index is -3.89. The van der Waals surface area contributed by atoms with Crippen LogP contribution in [0.15, 0.2) is 41.3 Å². The molecule has 0 saturated carbocycles. The van der Waals surface area contributed by atoms with Gasteiger partial charge in [-0.2, -0.15) is 0 Å². The Morgan fingerprint density at radius 1 is 1.22 bits per heavy atom. The topological polar surface area (TPSA) is 127 Å². The van der Waals surface area contributed by atoms with Gasteiger partial charge in [-0.25, -0.2) is 18.3 Å². The lowest BCUT2D eigenvalue weighted by molar-refractivity contribution is -0.131. The fourth-order valence-corrected chi connectivity index (χ4v) is 4.75. The van der Waals surface area contributed by atoms with E-state index in [4.69, 9.17) is 14.7 Å². The standard InChI is InChI=1S/C24H32FN3O7S/c1-24(23(30)26-31,36(2,32)33)7-10-28-9-6-18(16-22(28)29)20-5-4-19(17-21(20)25)35-13-3-8-27-11-14-34-15-12-27/h4-6,9,16-17,31H,3,7-8,10-15H2,1-2H3,(H,26,30). The van der Waals surface area contributed by atoms with Crippen LogP contribution in [-0.4, -0.2) is 79.5 Å². The van der Waals surface area contributed by atoms with Crippen molar-refractivity contribution in [3.8, 4) is 16.9 Å². The number of aryl methyl sites for hydroxylation is 1. The summed E-state index contributed by atoms with van der Waals surface area (Å²) in [4.78, 5) is 26.9. The van der Waals surface area contributed by atoms with E-state index in [1.54, 1.807) is 6.07 Å². The third-order valence-electron chi connectivity index (χ3n) is 6.47. The van der Waals surface area contributed by atoms with Gasteiger partial charge in [-0.05, 0) is 43.5 Å². The number of nitrogens with zero attached hydrogens (tertiary/aromatic N) is 2. The van der Waals surface area contributed by atoms with Crippen LogP contribution in [0.4, 0.5) is 4.39 Å². The number of aromatic nitrogens is 1. The Morgan fingerprint density at radius 3 is 2.56 bits per heavy atom. The Hall–Kier alpha value is -2.80. The van der Waals surface area contributed by atoms with E-state index in [1.165, 1.54) is 47.4 Å². The number of ether oxygens (including phenoxy) is 2. The normalized spacial score (nSPS) is 16.3. The van der Waals surface area contributed by atoms with E-state index >= 15 is 0 Å². The number of pyridine rings is 1. The third-order valence-corrected chi connectivity index (χ3v) is 8.50. The second-order valence-corrected chi connectivity index (χ2v) is 11.4. The van der Waals surface area contributed by atoms with Gasteiger partial charge in [0.15, 0.2) is 14.6 Å². The molecule has 1 aromatic heterocycles. The average Bonchev–Trinajstić information content (AvgIpc) is 2.85. The number of morpholine rings is 1. The minimum absolute atomic E-state index is 0.101. The van der Waals surface area contributed by atoms with Crippen LogP contribution >= 0.6 is 0 Å². The van der Waals surface area contributed by atoms with Gasteiger partial charge in [0.1, 0.15) is 11.6 Å². The van der Waals surface area contributed by atoms with E-state index in [-0.39, 0.29) is 18.5 Å². The van der Waals surface area contributed by atoms with Crippen molar-refractivity contribution in [1.29, 1.82) is 0 Å². The predicted octanol–water partition coefficient (Wildman–Crippen LogP) is 1.45. The lowest BCUT2D eigenvalue weighted by Crippen LogP contribution is -2.49. The highest BCUT2D eigenvalue weighted by Gasteiger charge is 2.43. The highest BCUT2D eigenvalue weighted by atomic mass is 32.2. The zero-order valence-corrected chi connectivity index (χ0v) is 21.2. The first kappa shape index (κ1) is 27.8. The van der Waals surface area contributed by atoms with E-state index in [1.807, 2.05) is 0 Å². The summed E-state index contributed by atoms with van der Waals surface area (Å²) in [5, 5.41) is 8.92. The Morgan fingerprint density at radius 2 is 1.94 bits per heavy atom. The molecule has 0 bridgehead atoms. The van der Waals surface area contributed by atoms with Gasteiger partial charge >= 0.3 is 0 Å². The zero-order chi connectivity index (χ0) is 26.3. The molecule has 0 radical (unpaired) electrons. The minimum Gasteiger partial charge on any atom is -0.493 e. The number of halogens is 1. The summed E-state index contributed by atoms with van der Waals surface area (Å²) in [5.74, 6) is -1.23. The van der Waals surface area contributed by atoms with Crippen molar-refractivity contribution < 1.29 is 32.3 Å². The summed E-state index contributed by atoms with van der Waals surface area (Å²) < 4.78 is 49.3. The SMILES string of the molecule is CC(CCn1ccc(-c2ccc(OCCCN3CCOCC3)cc2F)cc1=O)(C(=O)NO)S(C)(=O)=O. The first-order valence-electron chi connectivity index (χ1n) is 11.6. The highest BCUT2D eigenvalue weighted by Crippen LogP contribution is 2.26. The first-order valence-corrected chi connectivity index (χ1v) is 13.5. The van der Waals surface area contributed by atoms with Gasteiger partial charge in [-0.3, -0.25) is 19.7 Å². The van der Waals surface area contributed by atoms with Crippen molar-refractivity contribution in [3.63, 3.8) is 0 Å². The molecule has 1 fully saturated rings. The second kappa shape index (κ2) is 12.0. The van der Waals surface area contributed by atoms with Crippen molar-refractivity contribution in [3.05, 3.63) is 52.7 Å². The summed E-state index contributed by atoms with van der Waals surface area (Å²) in [7, 11) is -3.89. The number of rotatable bonds is 11. The molecule has 2 N–H and O–H groups in total. The largest absolute Gasteiger partial charge is 0.493 e. The Kier molecular flexibility index (Phi) is 9.23. The number of benzene rings is 1. The molecule has 0 aliphatic carbocycles. The fourth-order valence-electron chi connectivity index (χ4n) is 3.90. The summed E-state index contributed by atoms with van der Waals surface area (Å²) in [5.41, 5.74) is 1.46. The first-order chi connectivity index (χ1) is 17.0. The van der Waals surface area contributed by atoms with Gasteiger partial charge in [0, 0.05) is 56.3 Å². The number of hydrogen-bond acceptors (Lipinski definition) is 8. The summed E-state index contributed by atoms with van der Waals surface area (Å²) in [6.07, 6.45) is 2.85. The molecule has 1 amide bonds. The number of sulfone groups is 1. The smallest absolute Gasteiger partial charge is 0.264 e. The number of carbonyl (C=O) groups excluding carboxylic acids is 1. The van der Waals surface area contributed by atoms with Crippen molar-refractivity contribution >= 4 is 15.7 Å². The van der Waals surface area contributed by atoms with Crippen molar-refractivity contribution in [2.45, 2.75) is 31.1 Å². The fraction of sp³-hybridized carbons (Fsp3) is 0.500. The maximum Gasteiger partial charge on any atom is 0.264 e. The maximum atomic E-state index is 14.8. The van der Waals surface area contributed by atoms with Crippen LogP contribution in [0.5, 0.6) is 5.75 Å². The van der Waals surface area contributed by atoms with Crippen LogP contribution in [-0.2, 0) is 25.9 Å². The highest BCUT2D eigenvalue weighted by molar-refractivity contribution is 7.92. The third kappa shape index (κ3) is 6.69. The van der Waals surface area contributed by atoms with E-state index < -0.39 is 31.9 Å². The molecule has 1 aliphatic rings. The molecular formula is C24H32FN3O7S. The lowest BCUT2D eigenvalue weighted by atomic mass is 10.1. The Labute approximate surface area is 209 Å². The second-order valence-electron chi connectivity index (χ2n) is 8.94. The molecule has 2 aromatic rings. The molecule has 1 unspecified atom stereocenters. The molecule has 3 rings (SSSR count). The van der Waals surface area contributed by atoms with Crippen molar-refractivity contribution in [2.24, 2.45) is 0 Å². The maximum absolute atomic E-state index is 14.8. The van der Waals surface area contributed by atoms with Gasteiger partial charge in [-0.15, -0.1) is 0 Å². The molecule has 1 atom stereocenters. The molecule has 198 valence electrons. The van der Waals surface area contributed by atoms with Gasteiger partial charge in [-0.1, -0.05) is 0 Å². The predicted molar refractivity (Wildman–Crippen MR) is 131 cm³/mol. The van der Waals surface area contributed by atoms with Gasteiger partial charge in [0.2, 0.25) is 0 Å². The van der Waals surface area contributed by atoms with Crippen LogP contribution in [0.2, 0.25) is 0 Å². The summed E-state index contributed by atoms with van der Waals surface area (Å²) in [6, 6.07) is 7.24. The van der Waals surface area contributed by atoms with Crippen LogP contribution in [0.1, 0.15) is 19.8 Å². The van der Waals surface area contributed by atoms with Crippen molar-refractivity contribution in [1.82, 2.24) is 14.9 Å². The van der Waals surface area contributed by atoms with Crippen LogP contribution in [0.25, 0.3) is 11.1 Å². The Bertz CT molecular complexity index is 1230. The van der Waals surface area contributed by atoms with Crippen LogP contribution < -0.4 is 15.8 Å². The molecule has 2 heterocycles. The lowest BCUT2D eigenvalue weighted by Gasteiger charge is -2.26. The molecular weight excluding hydrogens is 493 g/mol. The quantitative estimate of drug-likeness (QED) is 0.256. The van der Waals surface area contributed by atoms with Gasteiger partial charge in [0.05, 0.1) is 19.8 Å². The summed E-state index contributed by atoms with van der Waals surface area (Å²) in [6.45, 7) is 5.68. The monoisotopic (exact) mass is 525 g/mol. The molecule has 1 aromatic carbocycles. The van der Waals surface area contributed by atoms with E-state index in [0.717, 1.165) is 45.5 Å². The summed E-state index contributed by atoms with van der Waals surface area (Å²) >= 11 is 0. The van der Waals surface area contributed by atoms with E-state index in [0.29, 0.717) is 17.9 Å². The number of nitrogens with one attached hydrogen (secondary N) is 1. The van der Waals surface area contributed by atoms with Crippen LogP contribution in [0.3, 0.4) is 0 Å². The molecule has 1 saturated heterocycles. The van der Waals surface area contributed by atoms with Gasteiger partial charge < -0.3 is 14.0 Å². The van der Waals surface area contributed by atoms with E-state index in [9.17, 15) is 22.4 Å². The average molecular weight is 526 g/mol. The molecule has 10 nitrogen and oxygen atoms in total. The Balaban J connectivity index is 1.63. The number of carbonyl (C=O) groups is 1. The van der Waals surface area contributed by atoms with Crippen LogP contribution in [0, 0.1) is 5.82 Å². The molecule has 1 aliphatic heterocycles. The number of hydroxylamine groups is 1. The van der Waals surface area contributed by atoms with E-state index in [2.05, 4.69) is 4.90 Å². The van der Waals surface area contributed by atoms with Crippen molar-refractivity contribution in [2.75, 3.05) is 45.7 Å². The molecule has 36 heavy (non-hydrogen) atoms. The number of hydrogen-bond donors (Lipinski definition) is 2.